The van der Waals surface area contributed by atoms with Crippen LogP contribution in [0.1, 0.15) is 18.5 Å². The molecule has 0 aliphatic carbocycles. The summed E-state index contributed by atoms with van der Waals surface area (Å²) in [6.07, 6.45) is 0. The highest BCUT2D eigenvalue weighted by Crippen LogP contribution is 2.35. The van der Waals surface area contributed by atoms with Crippen molar-refractivity contribution >= 4 is 11.6 Å². The molecule has 0 heterocycles. The van der Waals surface area contributed by atoms with Crippen LogP contribution in [0.15, 0.2) is 36.4 Å². The second kappa shape index (κ2) is 5.55. The molecule has 0 fully saturated rings. The Hall–Kier alpha value is -1.65. The van der Waals surface area contributed by atoms with E-state index in [-0.39, 0.29) is 16.5 Å². The maximum atomic E-state index is 13.8. The quantitative estimate of drug-likeness (QED) is 0.904. The van der Waals surface area contributed by atoms with Gasteiger partial charge in [-0.3, -0.25) is 0 Å². The van der Waals surface area contributed by atoms with Crippen LogP contribution in [0.3, 0.4) is 0 Å². The lowest BCUT2D eigenvalue weighted by Gasteiger charge is -2.15. The topological polar surface area (TPSA) is 35.2 Å². The molecule has 19 heavy (non-hydrogen) atoms. The molecule has 2 nitrogen and oxygen atoms in total. The van der Waals surface area contributed by atoms with Gasteiger partial charge in [0.1, 0.15) is 11.6 Å². The van der Waals surface area contributed by atoms with Crippen molar-refractivity contribution in [3.8, 4) is 11.5 Å². The highest BCUT2D eigenvalue weighted by atomic mass is 35.5. The van der Waals surface area contributed by atoms with Crippen molar-refractivity contribution in [2.45, 2.75) is 13.0 Å². The summed E-state index contributed by atoms with van der Waals surface area (Å²) < 4.78 is 32.2. The zero-order chi connectivity index (χ0) is 14.0. The van der Waals surface area contributed by atoms with E-state index in [1.807, 2.05) is 0 Å². The van der Waals surface area contributed by atoms with Crippen molar-refractivity contribution in [1.82, 2.24) is 0 Å². The summed E-state index contributed by atoms with van der Waals surface area (Å²) in [7, 11) is 0. The number of benzene rings is 2. The van der Waals surface area contributed by atoms with Crippen LogP contribution in [0, 0.1) is 11.6 Å². The summed E-state index contributed by atoms with van der Waals surface area (Å²) in [4.78, 5) is 0. The van der Waals surface area contributed by atoms with Crippen molar-refractivity contribution < 1.29 is 13.5 Å². The minimum atomic E-state index is -0.546. The number of rotatable bonds is 3. The van der Waals surface area contributed by atoms with Gasteiger partial charge in [0.15, 0.2) is 11.6 Å². The zero-order valence-electron chi connectivity index (χ0n) is 10.2. The third kappa shape index (κ3) is 3.03. The van der Waals surface area contributed by atoms with Crippen molar-refractivity contribution in [3.05, 3.63) is 58.6 Å². The minimum Gasteiger partial charge on any atom is -0.452 e. The van der Waals surface area contributed by atoms with Gasteiger partial charge in [0.2, 0.25) is 0 Å². The second-order valence-corrected chi connectivity index (χ2v) is 4.53. The maximum absolute atomic E-state index is 13.8. The van der Waals surface area contributed by atoms with Crippen LogP contribution in [-0.4, -0.2) is 0 Å². The third-order valence-corrected chi connectivity index (χ3v) is 2.89. The fourth-order valence-corrected chi connectivity index (χ4v) is 1.87. The largest absolute Gasteiger partial charge is 0.452 e. The molecule has 0 saturated heterocycles. The molecule has 0 saturated carbocycles. The molecule has 2 aromatic carbocycles. The lowest BCUT2D eigenvalue weighted by molar-refractivity contribution is 0.432. The van der Waals surface area contributed by atoms with E-state index >= 15 is 0 Å². The fourth-order valence-electron chi connectivity index (χ4n) is 1.66. The summed E-state index contributed by atoms with van der Waals surface area (Å²) in [5, 5.41) is 0.0684. The molecular formula is C14H12ClF2NO. The monoisotopic (exact) mass is 283 g/mol. The summed E-state index contributed by atoms with van der Waals surface area (Å²) in [6, 6.07) is 7.71. The van der Waals surface area contributed by atoms with Crippen LogP contribution >= 0.6 is 11.6 Å². The van der Waals surface area contributed by atoms with E-state index in [4.69, 9.17) is 22.1 Å². The Morgan fingerprint density at radius 3 is 2.58 bits per heavy atom. The lowest BCUT2D eigenvalue weighted by atomic mass is 10.1. The van der Waals surface area contributed by atoms with E-state index < -0.39 is 17.7 Å². The molecule has 2 aromatic rings. The molecule has 1 unspecified atom stereocenters. The van der Waals surface area contributed by atoms with Gasteiger partial charge in [-0.25, -0.2) is 8.78 Å². The van der Waals surface area contributed by atoms with Crippen molar-refractivity contribution in [3.63, 3.8) is 0 Å². The predicted octanol–water partition coefficient (Wildman–Crippen LogP) is 4.43. The van der Waals surface area contributed by atoms with E-state index in [1.54, 1.807) is 19.1 Å². The van der Waals surface area contributed by atoms with Crippen LogP contribution in [0.25, 0.3) is 0 Å². The Morgan fingerprint density at radius 2 is 1.95 bits per heavy atom. The van der Waals surface area contributed by atoms with Gasteiger partial charge < -0.3 is 10.5 Å². The van der Waals surface area contributed by atoms with Gasteiger partial charge in [0.25, 0.3) is 0 Å². The zero-order valence-corrected chi connectivity index (χ0v) is 10.9. The molecule has 2 rings (SSSR count). The van der Waals surface area contributed by atoms with Crippen LogP contribution in [0.2, 0.25) is 5.02 Å². The standard InChI is InChI=1S/C14H12ClF2NO/c1-8(18)10-3-2-4-12(17)14(10)19-13-6-5-9(16)7-11(13)15/h2-8H,18H2,1H3. The molecule has 100 valence electrons. The van der Waals surface area contributed by atoms with Crippen LogP contribution < -0.4 is 10.5 Å². The number of para-hydroxylation sites is 1. The normalized spacial score (nSPS) is 12.3. The summed E-state index contributed by atoms with van der Waals surface area (Å²) in [5.41, 5.74) is 6.27. The molecule has 0 radical (unpaired) electrons. The highest BCUT2D eigenvalue weighted by molar-refractivity contribution is 6.32. The molecule has 1 atom stereocenters. The molecule has 0 bridgehead atoms. The van der Waals surface area contributed by atoms with E-state index in [1.165, 1.54) is 18.2 Å². The van der Waals surface area contributed by atoms with Gasteiger partial charge in [0.05, 0.1) is 5.02 Å². The Bertz CT molecular complexity index is 602. The third-order valence-electron chi connectivity index (χ3n) is 2.59. The summed E-state index contributed by atoms with van der Waals surface area (Å²) >= 11 is 5.84. The van der Waals surface area contributed by atoms with Crippen molar-refractivity contribution in [1.29, 1.82) is 0 Å². The number of hydrogen-bond acceptors (Lipinski definition) is 2. The molecule has 0 aliphatic rings. The molecular weight excluding hydrogens is 272 g/mol. The second-order valence-electron chi connectivity index (χ2n) is 4.12. The van der Waals surface area contributed by atoms with Gasteiger partial charge in [-0.2, -0.15) is 0 Å². The average Bonchev–Trinajstić information content (AvgIpc) is 2.34. The first-order valence-electron chi connectivity index (χ1n) is 5.66. The number of halogens is 3. The number of nitrogens with two attached hydrogens (primary N) is 1. The molecule has 0 amide bonds. The van der Waals surface area contributed by atoms with Crippen LogP contribution in [0.5, 0.6) is 11.5 Å². The molecule has 0 aliphatic heterocycles. The maximum Gasteiger partial charge on any atom is 0.167 e. The Balaban J connectivity index is 2.43. The Labute approximate surface area is 114 Å². The van der Waals surface area contributed by atoms with Gasteiger partial charge in [0, 0.05) is 11.6 Å². The van der Waals surface area contributed by atoms with Crippen LogP contribution in [-0.2, 0) is 0 Å². The molecule has 2 N–H and O–H groups in total. The molecule has 5 heteroatoms. The van der Waals surface area contributed by atoms with Gasteiger partial charge >= 0.3 is 0 Å². The Kier molecular flexibility index (Phi) is 4.02. The van der Waals surface area contributed by atoms with E-state index in [0.717, 1.165) is 6.07 Å². The Morgan fingerprint density at radius 1 is 1.21 bits per heavy atom. The van der Waals surface area contributed by atoms with Gasteiger partial charge in [-0.15, -0.1) is 0 Å². The van der Waals surface area contributed by atoms with Crippen molar-refractivity contribution in [2.24, 2.45) is 5.73 Å². The minimum absolute atomic E-state index is 0.00556. The smallest absolute Gasteiger partial charge is 0.167 e. The first-order chi connectivity index (χ1) is 8.99. The highest BCUT2D eigenvalue weighted by Gasteiger charge is 2.15. The summed E-state index contributed by atoms with van der Waals surface area (Å²) in [5.74, 6) is -0.852. The SMILES string of the molecule is CC(N)c1cccc(F)c1Oc1ccc(F)cc1Cl. The lowest BCUT2D eigenvalue weighted by Crippen LogP contribution is -2.07. The van der Waals surface area contributed by atoms with E-state index in [0.29, 0.717) is 5.56 Å². The fraction of sp³-hybridized carbons (Fsp3) is 0.143. The van der Waals surface area contributed by atoms with Gasteiger partial charge in [-0.05, 0) is 31.2 Å². The predicted molar refractivity (Wildman–Crippen MR) is 70.5 cm³/mol. The first-order valence-corrected chi connectivity index (χ1v) is 6.03. The van der Waals surface area contributed by atoms with E-state index in [9.17, 15) is 8.78 Å². The molecule has 0 aromatic heterocycles. The van der Waals surface area contributed by atoms with Crippen molar-refractivity contribution in [2.75, 3.05) is 0 Å². The van der Waals surface area contributed by atoms with E-state index in [2.05, 4.69) is 0 Å². The number of hydrogen-bond donors (Lipinski definition) is 1. The van der Waals surface area contributed by atoms with Crippen LogP contribution in [0.4, 0.5) is 8.78 Å². The average molecular weight is 284 g/mol. The molecule has 0 spiro atoms. The number of ether oxygens (including phenoxy) is 1. The van der Waals surface area contributed by atoms with Gasteiger partial charge in [-0.1, -0.05) is 23.7 Å². The summed E-state index contributed by atoms with van der Waals surface area (Å²) in [6.45, 7) is 1.72. The first kappa shape index (κ1) is 13.8.